The van der Waals surface area contributed by atoms with Gasteiger partial charge >= 0.3 is 0 Å². The largest absolute Gasteiger partial charge is 0.486 e. The molecule has 0 bridgehead atoms. The average molecular weight is 310 g/mol. The number of fused-ring (bicyclic) bond motifs is 1. The molecule has 0 aromatic heterocycles. The molecule has 0 saturated heterocycles. The molecule has 1 atom stereocenters. The molecule has 0 aliphatic carbocycles. The third-order valence-electron chi connectivity index (χ3n) is 4.03. The van der Waals surface area contributed by atoms with Gasteiger partial charge in [-0.1, -0.05) is 37.3 Å². The van der Waals surface area contributed by atoms with Gasteiger partial charge in [-0.25, -0.2) is 0 Å². The number of Topliss-reactive ketones (excluding diaryl/α,β-unsaturated/α-hetero) is 1. The summed E-state index contributed by atoms with van der Waals surface area (Å²) in [5.41, 5.74) is 2.78. The number of nitrogens with one attached hydrogen (secondary N) is 2. The minimum absolute atomic E-state index is 0.0862. The Kier molecular flexibility index (Phi) is 4.93. The van der Waals surface area contributed by atoms with Crippen molar-refractivity contribution in [2.24, 2.45) is 0 Å². The molecule has 1 unspecified atom stereocenters. The van der Waals surface area contributed by atoms with Gasteiger partial charge in [0.25, 0.3) is 0 Å². The van der Waals surface area contributed by atoms with E-state index in [4.69, 9.17) is 4.74 Å². The second-order valence-corrected chi connectivity index (χ2v) is 5.75. The van der Waals surface area contributed by atoms with E-state index in [9.17, 15) is 4.79 Å². The Morgan fingerprint density at radius 3 is 2.87 bits per heavy atom. The molecular formula is C19H22N2O2. The molecule has 2 aromatic rings. The fourth-order valence-electron chi connectivity index (χ4n) is 2.64. The predicted octanol–water partition coefficient (Wildman–Crippen LogP) is 3.24. The normalized spacial score (nSPS) is 16.1. The zero-order chi connectivity index (χ0) is 16.1. The monoisotopic (exact) mass is 310 g/mol. The van der Waals surface area contributed by atoms with E-state index < -0.39 is 0 Å². The van der Waals surface area contributed by atoms with Crippen LogP contribution in [-0.4, -0.2) is 25.0 Å². The van der Waals surface area contributed by atoms with Crippen LogP contribution in [0.2, 0.25) is 0 Å². The lowest BCUT2D eigenvalue weighted by molar-refractivity contribution is 0.0990. The van der Waals surface area contributed by atoms with Crippen LogP contribution in [-0.2, 0) is 6.54 Å². The Hall–Kier alpha value is -2.33. The number of benzene rings is 2. The molecular weight excluding hydrogens is 288 g/mol. The van der Waals surface area contributed by atoms with Crippen LogP contribution in [0, 0.1) is 0 Å². The smallest absolute Gasteiger partial charge is 0.176 e. The molecule has 0 fully saturated rings. The average Bonchev–Trinajstić information content (AvgIpc) is 2.61. The van der Waals surface area contributed by atoms with E-state index in [1.54, 1.807) is 0 Å². The summed E-state index contributed by atoms with van der Waals surface area (Å²) in [5, 5.41) is 6.54. The first-order valence-electron chi connectivity index (χ1n) is 8.08. The van der Waals surface area contributed by atoms with Crippen molar-refractivity contribution in [2.45, 2.75) is 26.0 Å². The maximum absolute atomic E-state index is 12.3. The second-order valence-electron chi connectivity index (χ2n) is 5.75. The molecule has 120 valence electrons. The number of hydrogen-bond donors (Lipinski definition) is 2. The van der Waals surface area contributed by atoms with Gasteiger partial charge in [0, 0.05) is 12.1 Å². The van der Waals surface area contributed by atoms with Crippen molar-refractivity contribution in [3.05, 3.63) is 59.7 Å². The highest BCUT2D eigenvalue weighted by molar-refractivity contribution is 5.98. The number of ether oxygens (including phenoxy) is 1. The van der Waals surface area contributed by atoms with E-state index in [0.29, 0.717) is 18.7 Å². The zero-order valence-electron chi connectivity index (χ0n) is 13.3. The van der Waals surface area contributed by atoms with Crippen LogP contribution in [0.3, 0.4) is 0 Å². The van der Waals surface area contributed by atoms with E-state index >= 15 is 0 Å². The summed E-state index contributed by atoms with van der Waals surface area (Å²) in [6.45, 7) is 3.91. The highest BCUT2D eigenvalue weighted by atomic mass is 16.5. The van der Waals surface area contributed by atoms with Gasteiger partial charge < -0.3 is 15.4 Å². The minimum Gasteiger partial charge on any atom is -0.486 e. The fraction of sp³-hybridized carbons (Fsp3) is 0.316. The van der Waals surface area contributed by atoms with Crippen molar-refractivity contribution in [2.75, 3.05) is 18.4 Å². The van der Waals surface area contributed by atoms with E-state index in [-0.39, 0.29) is 11.9 Å². The van der Waals surface area contributed by atoms with Crippen LogP contribution < -0.4 is 15.4 Å². The van der Waals surface area contributed by atoms with Gasteiger partial charge in [0.1, 0.15) is 11.9 Å². The van der Waals surface area contributed by atoms with Crippen molar-refractivity contribution in [3.8, 4) is 5.75 Å². The van der Waals surface area contributed by atoms with E-state index in [1.165, 1.54) is 5.56 Å². The molecule has 3 rings (SSSR count). The van der Waals surface area contributed by atoms with Crippen LogP contribution in [0.5, 0.6) is 5.75 Å². The lowest BCUT2D eigenvalue weighted by atomic mass is 10.1. The maximum Gasteiger partial charge on any atom is 0.176 e. The molecule has 0 radical (unpaired) electrons. The minimum atomic E-state index is 0.0862. The summed E-state index contributed by atoms with van der Waals surface area (Å²) in [7, 11) is 0. The first kappa shape index (κ1) is 15.6. The van der Waals surface area contributed by atoms with Crippen LogP contribution >= 0.6 is 0 Å². The fourth-order valence-corrected chi connectivity index (χ4v) is 2.64. The summed E-state index contributed by atoms with van der Waals surface area (Å²) < 4.78 is 5.87. The molecule has 2 aromatic carbocycles. The number of ketones is 1. The highest BCUT2D eigenvalue weighted by Gasteiger charge is 2.18. The molecule has 0 spiro atoms. The van der Waals surface area contributed by atoms with Crippen LogP contribution in [0.4, 0.5) is 5.69 Å². The zero-order valence-corrected chi connectivity index (χ0v) is 13.3. The molecule has 1 aliphatic rings. The molecule has 23 heavy (non-hydrogen) atoms. The molecule has 2 N–H and O–H groups in total. The van der Waals surface area contributed by atoms with Gasteiger partial charge in [0.2, 0.25) is 0 Å². The quantitative estimate of drug-likeness (QED) is 0.804. The Morgan fingerprint density at radius 1 is 1.26 bits per heavy atom. The predicted molar refractivity (Wildman–Crippen MR) is 92.1 cm³/mol. The third kappa shape index (κ3) is 3.90. The Balaban J connectivity index is 1.58. The SMILES string of the molecule is CCC1CNc2cc(C(=O)CNCc3ccccc3)ccc2O1. The summed E-state index contributed by atoms with van der Waals surface area (Å²) in [6.07, 6.45) is 1.17. The second kappa shape index (κ2) is 7.29. The number of carbonyl (C=O) groups excluding carboxylic acids is 1. The highest BCUT2D eigenvalue weighted by Crippen LogP contribution is 2.30. The molecule has 0 amide bonds. The van der Waals surface area contributed by atoms with E-state index in [2.05, 4.69) is 17.6 Å². The van der Waals surface area contributed by atoms with Crippen molar-refractivity contribution in [3.63, 3.8) is 0 Å². The summed E-state index contributed by atoms with van der Waals surface area (Å²) in [5.74, 6) is 0.917. The van der Waals surface area contributed by atoms with Gasteiger partial charge in [0.05, 0.1) is 18.8 Å². The van der Waals surface area contributed by atoms with E-state index in [1.807, 2.05) is 48.5 Å². The summed E-state index contributed by atoms with van der Waals surface area (Å²) in [4.78, 5) is 12.3. The number of hydrogen-bond acceptors (Lipinski definition) is 4. The van der Waals surface area contributed by atoms with Crippen LogP contribution in [0.25, 0.3) is 0 Å². The van der Waals surface area contributed by atoms with Gasteiger partial charge in [-0.15, -0.1) is 0 Å². The molecule has 4 nitrogen and oxygen atoms in total. The number of rotatable bonds is 6. The molecule has 1 heterocycles. The topological polar surface area (TPSA) is 50.4 Å². The third-order valence-corrected chi connectivity index (χ3v) is 4.03. The standard InChI is InChI=1S/C19H22N2O2/c1-2-16-12-21-17-10-15(8-9-19(17)23-16)18(22)13-20-11-14-6-4-3-5-7-14/h3-10,16,20-21H,2,11-13H2,1H3. The lowest BCUT2D eigenvalue weighted by Gasteiger charge is -2.26. The Morgan fingerprint density at radius 2 is 2.09 bits per heavy atom. The maximum atomic E-state index is 12.3. The lowest BCUT2D eigenvalue weighted by Crippen LogP contribution is -2.30. The molecule has 0 saturated carbocycles. The van der Waals surface area contributed by atoms with Gasteiger partial charge in [0.15, 0.2) is 5.78 Å². The number of carbonyl (C=O) groups is 1. The van der Waals surface area contributed by atoms with Crippen molar-refractivity contribution < 1.29 is 9.53 Å². The van der Waals surface area contributed by atoms with Crippen molar-refractivity contribution in [1.82, 2.24) is 5.32 Å². The number of anilines is 1. The first-order valence-corrected chi connectivity index (χ1v) is 8.08. The van der Waals surface area contributed by atoms with Gasteiger partial charge in [-0.2, -0.15) is 0 Å². The summed E-state index contributed by atoms with van der Waals surface area (Å²) in [6, 6.07) is 15.7. The van der Waals surface area contributed by atoms with Gasteiger partial charge in [-0.05, 0) is 30.2 Å². The summed E-state index contributed by atoms with van der Waals surface area (Å²) >= 11 is 0. The molecule has 4 heteroatoms. The first-order chi connectivity index (χ1) is 11.3. The van der Waals surface area contributed by atoms with Crippen molar-refractivity contribution in [1.29, 1.82) is 0 Å². The molecule has 1 aliphatic heterocycles. The van der Waals surface area contributed by atoms with Crippen molar-refractivity contribution >= 4 is 11.5 Å². The van der Waals surface area contributed by atoms with Crippen LogP contribution in [0.1, 0.15) is 29.3 Å². The van der Waals surface area contributed by atoms with Crippen LogP contribution in [0.15, 0.2) is 48.5 Å². The van der Waals surface area contributed by atoms with Gasteiger partial charge in [-0.3, -0.25) is 4.79 Å². The Bertz CT molecular complexity index is 670. The van der Waals surface area contributed by atoms with E-state index in [0.717, 1.165) is 24.4 Å². The Labute approximate surface area is 136 Å².